The first kappa shape index (κ1) is 31.8. The molecule has 4 aromatic heterocycles. The Balaban J connectivity index is 1.06. The monoisotopic (exact) mass is 755 g/mol. The van der Waals surface area contributed by atoms with E-state index in [-0.39, 0.29) is 0 Å². The van der Waals surface area contributed by atoms with Crippen LogP contribution in [0.3, 0.4) is 0 Å². The summed E-state index contributed by atoms with van der Waals surface area (Å²) in [7, 11) is 0. The highest BCUT2D eigenvalue weighted by molar-refractivity contribution is 7.26. The van der Waals surface area contributed by atoms with Crippen molar-refractivity contribution in [3.8, 4) is 28.2 Å². The average molecular weight is 756 g/mol. The van der Waals surface area contributed by atoms with Crippen molar-refractivity contribution in [1.82, 2.24) is 13.7 Å². The Labute approximate surface area is 337 Å². The molecule has 4 heterocycles. The number of hydrogen-bond acceptors (Lipinski definition) is 1. The molecule has 0 fully saturated rings. The fraction of sp³-hybridized carbons (Fsp3) is 0. The topological polar surface area (TPSA) is 14.8 Å². The molecule has 0 radical (unpaired) electrons. The summed E-state index contributed by atoms with van der Waals surface area (Å²) in [6, 6.07) is 73.5. The molecule has 270 valence electrons. The lowest BCUT2D eigenvalue weighted by Gasteiger charge is -2.12. The van der Waals surface area contributed by atoms with E-state index in [0.29, 0.717) is 0 Å². The van der Waals surface area contributed by atoms with E-state index in [0.717, 1.165) is 5.69 Å². The molecule has 13 aromatic rings. The highest BCUT2D eigenvalue weighted by Gasteiger charge is 2.23. The van der Waals surface area contributed by atoms with Gasteiger partial charge in [-0.15, -0.1) is 11.3 Å². The predicted octanol–water partition coefficient (Wildman–Crippen LogP) is 15.0. The zero-order chi connectivity index (χ0) is 37.9. The number of thiophene rings is 1. The highest BCUT2D eigenvalue weighted by atomic mass is 32.1. The summed E-state index contributed by atoms with van der Waals surface area (Å²) in [4.78, 5) is 0. The first-order valence-electron chi connectivity index (χ1n) is 19.9. The zero-order valence-corrected chi connectivity index (χ0v) is 32.1. The Kier molecular flexibility index (Phi) is 6.60. The molecule has 0 aliphatic carbocycles. The van der Waals surface area contributed by atoms with Crippen molar-refractivity contribution in [2.45, 2.75) is 0 Å². The molecule has 3 nitrogen and oxygen atoms in total. The fourth-order valence-corrected chi connectivity index (χ4v) is 11.1. The van der Waals surface area contributed by atoms with Crippen molar-refractivity contribution < 1.29 is 0 Å². The average Bonchev–Trinajstić information content (AvgIpc) is 4.03. The third-order valence-electron chi connectivity index (χ3n) is 12.2. The number of aromatic nitrogens is 3. The van der Waals surface area contributed by atoms with Gasteiger partial charge in [-0.1, -0.05) is 133 Å². The fourth-order valence-electron chi connectivity index (χ4n) is 9.85. The lowest BCUT2D eigenvalue weighted by molar-refractivity contribution is 1.18. The van der Waals surface area contributed by atoms with Gasteiger partial charge in [0.2, 0.25) is 0 Å². The molecule has 13 rings (SSSR count). The van der Waals surface area contributed by atoms with Crippen LogP contribution >= 0.6 is 11.3 Å². The predicted molar refractivity (Wildman–Crippen MR) is 248 cm³/mol. The first-order chi connectivity index (χ1) is 28.8. The molecule has 0 aliphatic heterocycles. The van der Waals surface area contributed by atoms with Crippen LogP contribution in [0.4, 0.5) is 0 Å². The van der Waals surface area contributed by atoms with Crippen molar-refractivity contribution in [2.75, 3.05) is 0 Å². The zero-order valence-electron chi connectivity index (χ0n) is 31.3. The Morgan fingerprint density at radius 3 is 1.67 bits per heavy atom. The minimum absolute atomic E-state index is 1.14. The van der Waals surface area contributed by atoms with Gasteiger partial charge in [-0.2, -0.15) is 0 Å². The molecule has 0 unspecified atom stereocenters. The standard InChI is InChI=1S/C54H33N3S/c1-2-14-35(15-3-1)55-45-23-9-5-18-42(45)51-37(20-12-25-47(51)55)34-28-30-36(31-29-34)56-44-22-8-4-16-38(44)40-32-33-48-52(53(40)56)43-19-6-10-24-46(43)57(48)49-26-13-21-41-39-17-7-11-27-50(39)58-54(41)49/h1-33H. The SMILES string of the molecule is c1ccc(-n2c3ccccc3c3c(-c4ccc(-n5c6ccccc6c6ccc7c(c8ccccc8n7-c7cccc8c7sc7ccccc78)c65)cc4)cccc32)cc1. The number of hydrogen-bond donors (Lipinski definition) is 0. The maximum absolute atomic E-state index is 2.50. The van der Waals surface area contributed by atoms with Gasteiger partial charge < -0.3 is 13.7 Å². The summed E-state index contributed by atoms with van der Waals surface area (Å²) in [5.74, 6) is 0. The largest absolute Gasteiger partial charge is 0.309 e. The van der Waals surface area contributed by atoms with Crippen LogP contribution in [-0.2, 0) is 0 Å². The van der Waals surface area contributed by atoms with Gasteiger partial charge in [0.25, 0.3) is 0 Å². The van der Waals surface area contributed by atoms with Gasteiger partial charge in [0, 0.05) is 59.2 Å². The molecule has 9 aromatic carbocycles. The minimum atomic E-state index is 1.14. The van der Waals surface area contributed by atoms with Gasteiger partial charge in [-0.25, -0.2) is 0 Å². The molecule has 0 bridgehead atoms. The number of rotatable bonds is 4. The number of nitrogens with zero attached hydrogens (tertiary/aromatic N) is 3. The van der Waals surface area contributed by atoms with Gasteiger partial charge in [0.15, 0.2) is 0 Å². The van der Waals surface area contributed by atoms with E-state index in [1.807, 2.05) is 11.3 Å². The molecular weight excluding hydrogens is 723 g/mol. The van der Waals surface area contributed by atoms with Crippen LogP contribution in [0.2, 0.25) is 0 Å². The molecule has 0 spiro atoms. The number of benzene rings is 9. The normalized spacial score (nSPS) is 12.1. The second-order valence-electron chi connectivity index (χ2n) is 15.2. The molecule has 0 atom stereocenters. The quantitative estimate of drug-likeness (QED) is 0.170. The molecule has 58 heavy (non-hydrogen) atoms. The second-order valence-corrected chi connectivity index (χ2v) is 16.3. The highest BCUT2D eigenvalue weighted by Crippen LogP contribution is 2.45. The smallest absolute Gasteiger partial charge is 0.0641 e. The molecule has 0 saturated heterocycles. The molecule has 0 aliphatic rings. The van der Waals surface area contributed by atoms with Gasteiger partial charge in [-0.3, -0.25) is 0 Å². The van der Waals surface area contributed by atoms with E-state index in [1.54, 1.807) is 0 Å². The van der Waals surface area contributed by atoms with Crippen molar-refractivity contribution in [3.05, 3.63) is 200 Å². The minimum Gasteiger partial charge on any atom is -0.309 e. The summed E-state index contributed by atoms with van der Waals surface area (Å²) in [5.41, 5.74) is 13.2. The van der Waals surface area contributed by atoms with E-state index in [9.17, 15) is 0 Å². The lowest BCUT2D eigenvalue weighted by atomic mass is 9.99. The first-order valence-corrected chi connectivity index (χ1v) is 20.7. The van der Waals surface area contributed by atoms with Crippen LogP contribution in [0.15, 0.2) is 200 Å². The van der Waals surface area contributed by atoms with E-state index in [1.165, 1.54) is 108 Å². The van der Waals surface area contributed by atoms with Gasteiger partial charge in [0.1, 0.15) is 0 Å². The van der Waals surface area contributed by atoms with Gasteiger partial charge >= 0.3 is 0 Å². The molecule has 0 saturated carbocycles. The Morgan fingerprint density at radius 1 is 0.310 bits per heavy atom. The Bertz CT molecular complexity index is 3780. The van der Waals surface area contributed by atoms with Gasteiger partial charge in [-0.05, 0) is 77.9 Å². The summed E-state index contributed by atoms with van der Waals surface area (Å²) < 4.78 is 10.0. The number of fused-ring (bicyclic) bond motifs is 13. The van der Waals surface area contributed by atoms with E-state index in [2.05, 4.69) is 214 Å². The van der Waals surface area contributed by atoms with Crippen molar-refractivity contribution in [1.29, 1.82) is 0 Å². The summed E-state index contributed by atoms with van der Waals surface area (Å²) in [6.07, 6.45) is 0. The van der Waals surface area contributed by atoms with Crippen LogP contribution < -0.4 is 0 Å². The third-order valence-corrected chi connectivity index (χ3v) is 13.5. The molecular formula is C54H33N3S. The Morgan fingerprint density at radius 2 is 0.879 bits per heavy atom. The molecule has 0 N–H and O–H groups in total. The molecule has 0 amide bonds. The van der Waals surface area contributed by atoms with E-state index in [4.69, 9.17) is 0 Å². The maximum Gasteiger partial charge on any atom is 0.0641 e. The summed E-state index contributed by atoms with van der Waals surface area (Å²) in [5, 5.41) is 10.2. The van der Waals surface area contributed by atoms with E-state index >= 15 is 0 Å². The third kappa shape index (κ3) is 4.32. The van der Waals surface area contributed by atoms with Crippen LogP contribution in [0.25, 0.3) is 114 Å². The number of para-hydroxylation sites is 4. The maximum atomic E-state index is 2.50. The van der Waals surface area contributed by atoms with Crippen LogP contribution in [0.5, 0.6) is 0 Å². The van der Waals surface area contributed by atoms with Crippen LogP contribution in [0, 0.1) is 0 Å². The van der Waals surface area contributed by atoms with E-state index < -0.39 is 0 Å². The molecule has 4 heteroatoms. The summed E-state index contributed by atoms with van der Waals surface area (Å²) in [6.45, 7) is 0. The van der Waals surface area contributed by atoms with Gasteiger partial charge in [0.05, 0.1) is 43.5 Å². The van der Waals surface area contributed by atoms with Crippen molar-refractivity contribution >= 4 is 96.9 Å². The van der Waals surface area contributed by atoms with Crippen molar-refractivity contribution in [2.24, 2.45) is 0 Å². The lowest BCUT2D eigenvalue weighted by Crippen LogP contribution is -1.96. The van der Waals surface area contributed by atoms with Crippen LogP contribution in [-0.4, -0.2) is 13.7 Å². The second kappa shape index (κ2) is 12.1. The van der Waals surface area contributed by atoms with Crippen LogP contribution in [0.1, 0.15) is 0 Å². The Hall–Kier alpha value is -7.40. The van der Waals surface area contributed by atoms with Crippen molar-refractivity contribution in [3.63, 3.8) is 0 Å². The summed E-state index contributed by atoms with van der Waals surface area (Å²) >= 11 is 1.88.